The lowest BCUT2D eigenvalue weighted by Crippen LogP contribution is -2.16. The fraction of sp³-hybridized carbons (Fsp3) is 0.696. The van der Waals surface area contributed by atoms with Crippen molar-refractivity contribution < 1.29 is 13.9 Å². The summed E-state index contributed by atoms with van der Waals surface area (Å²) in [4.78, 5) is 9.22. The van der Waals surface area contributed by atoms with Crippen LogP contribution in [0.1, 0.15) is 81.9 Å². The quantitative estimate of drug-likeness (QED) is 0.482. The highest BCUT2D eigenvalue weighted by molar-refractivity contribution is 8.23. The van der Waals surface area contributed by atoms with Gasteiger partial charge >= 0.3 is 0 Å². The van der Waals surface area contributed by atoms with Crippen molar-refractivity contribution in [2.45, 2.75) is 83.8 Å². The van der Waals surface area contributed by atoms with E-state index in [0.717, 1.165) is 30.9 Å². The van der Waals surface area contributed by atoms with Gasteiger partial charge in [0.15, 0.2) is 0 Å². The van der Waals surface area contributed by atoms with Crippen LogP contribution in [0.2, 0.25) is 0 Å². The first-order chi connectivity index (χ1) is 13.8. The zero-order valence-electron chi connectivity index (χ0n) is 18.4. The van der Waals surface area contributed by atoms with Crippen molar-refractivity contribution >= 4 is 16.5 Å². The number of benzene rings is 1. The lowest BCUT2D eigenvalue weighted by Gasteiger charge is -2.37. The van der Waals surface area contributed by atoms with Gasteiger partial charge in [-0.3, -0.25) is 13.9 Å². The largest absolute Gasteiger partial charge is 0.370 e. The number of aryl methyl sites for hydroxylation is 2. The predicted octanol–water partition coefficient (Wildman–Crippen LogP) is 5.24. The van der Waals surface area contributed by atoms with Gasteiger partial charge in [0, 0.05) is 12.7 Å². The molecule has 2 aliphatic rings. The Balaban J connectivity index is 0.000000251. The summed E-state index contributed by atoms with van der Waals surface area (Å²) in [6.07, 6.45) is 13.3. The average molecular weight is 427 g/mol. The topological polar surface area (TPSA) is 110 Å². The van der Waals surface area contributed by atoms with Crippen molar-refractivity contribution in [3.05, 3.63) is 34.9 Å². The van der Waals surface area contributed by atoms with Gasteiger partial charge in [-0.25, -0.2) is 0 Å². The first-order valence-electron chi connectivity index (χ1n) is 11.1. The van der Waals surface area contributed by atoms with E-state index in [9.17, 15) is 13.9 Å². The van der Waals surface area contributed by atoms with Gasteiger partial charge in [0.05, 0.1) is 5.75 Å². The molecule has 0 atom stereocenters. The van der Waals surface area contributed by atoms with Crippen LogP contribution in [0.15, 0.2) is 18.2 Å². The number of hydrogen-bond acceptors (Lipinski definition) is 4. The fourth-order valence-electron chi connectivity index (χ4n) is 3.92. The van der Waals surface area contributed by atoms with E-state index in [0.29, 0.717) is 11.5 Å². The molecule has 1 aliphatic carbocycles. The van der Waals surface area contributed by atoms with Gasteiger partial charge in [-0.2, -0.15) is 10.6 Å². The van der Waals surface area contributed by atoms with Crippen LogP contribution in [0.3, 0.4) is 0 Å². The first kappa shape index (κ1) is 26.0. The molecule has 5 nitrogen and oxygen atoms in total. The van der Waals surface area contributed by atoms with E-state index >= 15 is 0 Å². The molecule has 3 rings (SSSR count). The van der Waals surface area contributed by atoms with E-state index in [-0.39, 0.29) is 5.91 Å². The molecule has 6 heteroatoms. The molecule has 1 saturated carbocycles. The summed E-state index contributed by atoms with van der Waals surface area (Å²) in [6, 6.07) is 6.32. The number of rotatable bonds is 5. The Labute approximate surface area is 179 Å². The van der Waals surface area contributed by atoms with Crippen molar-refractivity contribution in [3.8, 4) is 0 Å². The van der Waals surface area contributed by atoms with E-state index in [2.05, 4.69) is 24.8 Å². The Kier molecular flexibility index (Phi) is 12.5. The van der Waals surface area contributed by atoms with E-state index in [1.165, 1.54) is 69.4 Å². The number of fused-ring (bicyclic) bond motifs is 1. The Morgan fingerprint density at radius 3 is 2.38 bits per heavy atom. The van der Waals surface area contributed by atoms with Gasteiger partial charge in [0.1, 0.15) is 0 Å². The minimum absolute atomic E-state index is 0.333. The molecule has 1 aromatic carbocycles. The number of amides is 1. The van der Waals surface area contributed by atoms with Crippen LogP contribution in [-0.4, -0.2) is 27.3 Å². The summed E-state index contributed by atoms with van der Waals surface area (Å²) in [5, 5.41) is 0. The summed E-state index contributed by atoms with van der Waals surface area (Å²) in [5.74, 6) is 1.70. The van der Waals surface area contributed by atoms with E-state index in [1.54, 1.807) is 0 Å². The second kappa shape index (κ2) is 14.0. The third kappa shape index (κ3) is 11.6. The van der Waals surface area contributed by atoms with E-state index in [1.807, 2.05) is 6.07 Å². The molecule has 0 bridgehead atoms. The lowest BCUT2D eigenvalue weighted by molar-refractivity contribution is -0.115. The van der Waals surface area contributed by atoms with E-state index in [4.69, 9.17) is 5.73 Å². The van der Waals surface area contributed by atoms with Crippen LogP contribution >= 0.6 is 10.6 Å². The predicted molar refractivity (Wildman–Crippen MR) is 125 cm³/mol. The van der Waals surface area contributed by atoms with Crippen LogP contribution in [0, 0.1) is 5.92 Å². The summed E-state index contributed by atoms with van der Waals surface area (Å²) >= 11 is 0. The number of primary amides is 1. The van der Waals surface area contributed by atoms with Gasteiger partial charge in [0.25, 0.3) is 0 Å². The zero-order chi connectivity index (χ0) is 21.7. The van der Waals surface area contributed by atoms with Crippen LogP contribution in [0.25, 0.3) is 0 Å². The molecule has 0 aromatic heterocycles. The Morgan fingerprint density at radius 1 is 1.14 bits per heavy atom. The smallest absolute Gasteiger partial charge is 0.214 e. The standard InChI is InChI=1S/C11H16O2S.C10H21N.C2H5NO/c1-2-9-3-4-11-8-14(12,13)6-5-10(11)7-9;11-9-5-4-8-10-6-2-1-3-7-10;1-2(3)4/h3-4,7,12-13H,2,5-6,8H2,1H3;10H,1-9,11H2;1H3,(H2,3,4). The van der Waals surface area contributed by atoms with Gasteiger partial charge in [-0.15, -0.1) is 0 Å². The van der Waals surface area contributed by atoms with E-state index < -0.39 is 10.6 Å². The minimum Gasteiger partial charge on any atom is -0.370 e. The first-order valence-corrected chi connectivity index (χ1v) is 13.0. The fourth-order valence-corrected chi connectivity index (χ4v) is 5.39. The molecule has 0 radical (unpaired) electrons. The maximum absolute atomic E-state index is 9.59. The molecule has 6 N–H and O–H groups in total. The normalized spacial score (nSPS) is 18.9. The molecule has 168 valence electrons. The molecule has 1 aliphatic heterocycles. The van der Waals surface area contributed by atoms with Gasteiger partial charge in [-0.1, -0.05) is 70.1 Å². The maximum Gasteiger partial charge on any atom is 0.214 e. The Bertz CT molecular complexity index is 598. The second-order valence-electron chi connectivity index (χ2n) is 8.26. The highest BCUT2D eigenvalue weighted by Crippen LogP contribution is 2.47. The molecule has 0 unspecified atom stereocenters. The number of nitrogens with two attached hydrogens (primary N) is 2. The summed E-state index contributed by atoms with van der Waals surface area (Å²) in [5.41, 5.74) is 13.7. The Hall–Kier alpha value is -1.08. The molecule has 0 spiro atoms. The molecule has 1 fully saturated rings. The summed E-state index contributed by atoms with van der Waals surface area (Å²) in [6.45, 7) is 4.32. The lowest BCUT2D eigenvalue weighted by atomic mass is 9.86. The van der Waals surface area contributed by atoms with Gasteiger partial charge < -0.3 is 11.5 Å². The number of carbonyl (C=O) groups excluding carboxylic acids is 1. The SMILES string of the molecule is CC(N)=O.CCc1ccc2c(c1)CCS(O)(O)C2.NCCCCC1CCCCC1. The van der Waals surface area contributed by atoms with Crippen molar-refractivity contribution in [3.63, 3.8) is 0 Å². The van der Waals surface area contributed by atoms with Crippen LogP contribution in [0.5, 0.6) is 0 Å². The second-order valence-corrected chi connectivity index (χ2v) is 10.6. The maximum atomic E-state index is 9.59. The highest BCUT2D eigenvalue weighted by Gasteiger charge is 2.21. The van der Waals surface area contributed by atoms with Crippen molar-refractivity contribution in [2.75, 3.05) is 12.3 Å². The van der Waals surface area contributed by atoms with Crippen LogP contribution in [-0.2, 0) is 23.4 Å². The molecule has 1 aromatic rings. The van der Waals surface area contributed by atoms with Crippen molar-refractivity contribution in [1.29, 1.82) is 0 Å². The summed E-state index contributed by atoms with van der Waals surface area (Å²) < 4.78 is 19.2. The average Bonchev–Trinajstić information content (AvgIpc) is 2.68. The number of carbonyl (C=O) groups is 1. The zero-order valence-corrected chi connectivity index (χ0v) is 19.2. The molecular weight excluding hydrogens is 384 g/mol. The molecule has 1 heterocycles. The van der Waals surface area contributed by atoms with Crippen LogP contribution < -0.4 is 11.5 Å². The number of hydrogen-bond donors (Lipinski definition) is 4. The minimum atomic E-state index is -2.32. The third-order valence-corrected chi connectivity index (χ3v) is 7.19. The van der Waals surface area contributed by atoms with Crippen molar-refractivity contribution in [1.82, 2.24) is 0 Å². The Morgan fingerprint density at radius 2 is 1.79 bits per heavy atom. The van der Waals surface area contributed by atoms with Gasteiger partial charge in [0.2, 0.25) is 5.91 Å². The molecule has 29 heavy (non-hydrogen) atoms. The monoisotopic (exact) mass is 426 g/mol. The molecule has 0 saturated heterocycles. The van der Waals surface area contributed by atoms with Gasteiger partial charge in [-0.05, 0) is 48.4 Å². The van der Waals surface area contributed by atoms with Crippen LogP contribution in [0.4, 0.5) is 0 Å². The van der Waals surface area contributed by atoms with Crippen molar-refractivity contribution in [2.24, 2.45) is 17.4 Å². The number of unbranched alkanes of at least 4 members (excludes halogenated alkanes) is 1. The summed E-state index contributed by atoms with van der Waals surface area (Å²) in [7, 11) is -2.32. The third-order valence-electron chi connectivity index (χ3n) is 5.56. The highest BCUT2D eigenvalue weighted by atomic mass is 32.3. The molecular formula is C23H42N2O3S. The molecule has 1 amide bonds.